The second-order valence-electron chi connectivity index (χ2n) is 3.61. The zero-order chi connectivity index (χ0) is 11.3. The fourth-order valence-corrected chi connectivity index (χ4v) is 1.31. The number of carbonyl (C=O) groups excluding carboxylic acids is 2. The summed E-state index contributed by atoms with van der Waals surface area (Å²) in [4.78, 5) is 22.0. The summed E-state index contributed by atoms with van der Waals surface area (Å²) in [5.41, 5.74) is 0. The summed E-state index contributed by atoms with van der Waals surface area (Å²) in [7, 11) is 0. The minimum absolute atomic E-state index is 0.249. The molecule has 1 heterocycles. The summed E-state index contributed by atoms with van der Waals surface area (Å²) in [5, 5.41) is 2.46. The number of esters is 1. The molecule has 5 heteroatoms. The van der Waals surface area contributed by atoms with Crippen molar-refractivity contribution in [1.29, 1.82) is 0 Å². The molecule has 0 saturated carbocycles. The molecule has 1 rings (SSSR count). The lowest BCUT2D eigenvalue weighted by Crippen LogP contribution is -2.58. The number of amides is 1. The van der Waals surface area contributed by atoms with Crippen molar-refractivity contribution in [2.24, 2.45) is 0 Å². The molecule has 2 atom stereocenters. The fourth-order valence-electron chi connectivity index (χ4n) is 1.31. The first kappa shape index (κ1) is 11.8. The van der Waals surface area contributed by atoms with Crippen LogP contribution < -0.4 is 5.32 Å². The highest BCUT2D eigenvalue weighted by atomic mass is 16.6. The van der Waals surface area contributed by atoms with Crippen molar-refractivity contribution in [3.63, 3.8) is 0 Å². The minimum atomic E-state index is -0.542. The van der Waals surface area contributed by atoms with Gasteiger partial charge in [-0.2, -0.15) is 0 Å². The molecule has 15 heavy (non-hydrogen) atoms. The molecule has 1 amide bonds. The van der Waals surface area contributed by atoms with Crippen LogP contribution in [0, 0.1) is 0 Å². The van der Waals surface area contributed by atoms with Gasteiger partial charge in [0.05, 0.1) is 6.61 Å². The first-order chi connectivity index (χ1) is 7.15. The Bertz CT molecular complexity index is 242. The van der Waals surface area contributed by atoms with Crippen molar-refractivity contribution in [3.8, 4) is 0 Å². The van der Waals surface area contributed by atoms with Gasteiger partial charge < -0.3 is 14.8 Å². The van der Waals surface area contributed by atoms with Crippen molar-refractivity contribution in [2.45, 2.75) is 45.3 Å². The number of nitrogens with one attached hydrogen (secondary N) is 1. The molecule has 1 aliphatic rings. The monoisotopic (exact) mass is 215 g/mol. The van der Waals surface area contributed by atoms with Crippen LogP contribution in [-0.4, -0.2) is 30.8 Å². The Balaban J connectivity index is 2.10. The molecule has 1 fully saturated rings. The Hall–Kier alpha value is -1.26. The highest BCUT2D eigenvalue weighted by molar-refractivity contribution is 5.86. The van der Waals surface area contributed by atoms with Gasteiger partial charge in [-0.3, -0.25) is 0 Å². The van der Waals surface area contributed by atoms with E-state index in [0.717, 1.165) is 19.3 Å². The Morgan fingerprint density at radius 2 is 2.27 bits per heavy atom. The number of unbranched alkanes of at least 4 members (excludes halogenated alkanes) is 2. The van der Waals surface area contributed by atoms with Crippen LogP contribution in [0.15, 0.2) is 0 Å². The van der Waals surface area contributed by atoms with E-state index in [0.29, 0.717) is 6.61 Å². The van der Waals surface area contributed by atoms with E-state index in [1.54, 1.807) is 6.92 Å². The Labute approximate surface area is 89.1 Å². The lowest BCUT2D eigenvalue weighted by atomic mass is 10.1. The number of alkyl carbamates (subject to hydrolysis) is 1. The van der Waals surface area contributed by atoms with Crippen LogP contribution >= 0.6 is 0 Å². The van der Waals surface area contributed by atoms with Crippen LogP contribution in [0.2, 0.25) is 0 Å². The van der Waals surface area contributed by atoms with Crippen LogP contribution in [0.4, 0.5) is 4.79 Å². The van der Waals surface area contributed by atoms with Gasteiger partial charge in [0.1, 0.15) is 6.10 Å². The van der Waals surface area contributed by atoms with Gasteiger partial charge in [-0.1, -0.05) is 19.8 Å². The van der Waals surface area contributed by atoms with Gasteiger partial charge >= 0.3 is 12.1 Å². The molecular formula is C10H17NO4. The largest absolute Gasteiger partial charge is 0.458 e. The average molecular weight is 215 g/mol. The molecule has 2 unspecified atom stereocenters. The summed E-state index contributed by atoms with van der Waals surface area (Å²) in [6.07, 6.45) is 2.18. The Morgan fingerprint density at radius 1 is 1.53 bits per heavy atom. The third-order valence-corrected chi connectivity index (χ3v) is 2.28. The third kappa shape index (κ3) is 3.42. The second kappa shape index (κ2) is 5.58. The zero-order valence-electron chi connectivity index (χ0n) is 9.12. The normalized spacial score (nSPS) is 24.0. The standard InChI is InChI=1S/C10H17NO4/c1-3-4-5-6-14-10(13)11-8-7(2)15-9(8)12/h7-8H,3-6H2,1-2H3,(H,11,13). The summed E-state index contributed by atoms with van der Waals surface area (Å²) in [6.45, 7) is 4.20. The predicted molar refractivity (Wildman–Crippen MR) is 53.4 cm³/mol. The first-order valence-electron chi connectivity index (χ1n) is 5.29. The molecule has 0 radical (unpaired) electrons. The number of hydrogen-bond acceptors (Lipinski definition) is 4. The molecule has 1 aliphatic heterocycles. The minimum Gasteiger partial charge on any atom is -0.458 e. The SMILES string of the molecule is CCCCCOC(=O)NC1C(=O)OC1C. The summed E-state index contributed by atoms with van der Waals surface area (Å²) < 4.78 is 9.58. The van der Waals surface area contributed by atoms with E-state index in [4.69, 9.17) is 4.74 Å². The maximum atomic E-state index is 11.2. The second-order valence-corrected chi connectivity index (χ2v) is 3.61. The van der Waals surface area contributed by atoms with Gasteiger partial charge in [-0.05, 0) is 13.3 Å². The van der Waals surface area contributed by atoms with E-state index in [2.05, 4.69) is 17.0 Å². The summed E-state index contributed by atoms with van der Waals surface area (Å²) >= 11 is 0. The number of hydrogen-bond donors (Lipinski definition) is 1. The van der Waals surface area contributed by atoms with Gasteiger partial charge in [0, 0.05) is 0 Å². The van der Waals surface area contributed by atoms with Gasteiger partial charge in [-0.25, -0.2) is 9.59 Å². The molecule has 0 spiro atoms. The number of carbonyl (C=O) groups is 2. The molecule has 0 bridgehead atoms. The smallest absolute Gasteiger partial charge is 0.407 e. The molecule has 1 saturated heterocycles. The van der Waals surface area contributed by atoms with Crippen molar-refractivity contribution in [2.75, 3.05) is 6.61 Å². The van der Waals surface area contributed by atoms with Crippen molar-refractivity contribution in [1.82, 2.24) is 5.32 Å². The Kier molecular flexibility index (Phi) is 4.39. The highest BCUT2D eigenvalue weighted by Gasteiger charge is 2.40. The van der Waals surface area contributed by atoms with Crippen LogP contribution in [0.5, 0.6) is 0 Å². The van der Waals surface area contributed by atoms with Crippen LogP contribution in [0.1, 0.15) is 33.1 Å². The van der Waals surface area contributed by atoms with Crippen molar-refractivity contribution >= 4 is 12.1 Å². The van der Waals surface area contributed by atoms with Gasteiger partial charge in [0.25, 0.3) is 0 Å². The van der Waals surface area contributed by atoms with Crippen LogP contribution in [0.3, 0.4) is 0 Å². The van der Waals surface area contributed by atoms with E-state index in [-0.39, 0.29) is 6.10 Å². The zero-order valence-corrected chi connectivity index (χ0v) is 9.12. The maximum Gasteiger partial charge on any atom is 0.407 e. The van der Waals surface area contributed by atoms with Gasteiger partial charge in [-0.15, -0.1) is 0 Å². The predicted octanol–water partition coefficient (Wildman–Crippen LogP) is 1.22. The highest BCUT2D eigenvalue weighted by Crippen LogP contribution is 2.13. The molecule has 0 aromatic heterocycles. The molecule has 86 valence electrons. The van der Waals surface area contributed by atoms with Gasteiger partial charge in [0.15, 0.2) is 6.04 Å². The van der Waals surface area contributed by atoms with E-state index >= 15 is 0 Å². The summed E-state index contributed by atoms with van der Waals surface area (Å²) in [5.74, 6) is -0.395. The van der Waals surface area contributed by atoms with Crippen molar-refractivity contribution < 1.29 is 19.1 Å². The lowest BCUT2D eigenvalue weighted by molar-refractivity contribution is -0.174. The maximum absolute atomic E-state index is 11.2. The van der Waals surface area contributed by atoms with E-state index in [1.165, 1.54) is 0 Å². The quantitative estimate of drug-likeness (QED) is 0.553. The number of ether oxygens (including phenoxy) is 2. The van der Waals surface area contributed by atoms with Crippen LogP contribution in [0.25, 0.3) is 0 Å². The topological polar surface area (TPSA) is 64.6 Å². The van der Waals surface area contributed by atoms with E-state index in [1.807, 2.05) is 0 Å². The summed E-state index contributed by atoms with van der Waals surface area (Å²) in [6, 6.07) is -0.538. The number of rotatable bonds is 5. The molecule has 5 nitrogen and oxygen atoms in total. The average Bonchev–Trinajstić information content (AvgIpc) is 2.21. The third-order valence-electron chi connectivity index (χ3n) is 2.28. The molecule has 0 aromatic carbocycles. The molecule has 1 N–H and O–H groups in total. The first-order valence-corrected chi connectivity index (χ1v) is 5.29. The fraction of sp³-hybridized carbons (Fsp3) is 0.800. The van der Waals surface area contributed by atoms with Crippen molar-refractivity contribution in [3.05, 3.63) is 0 Å². The Morgan fingerprint density at radius 3 is 2.80 bits per heavy atom. The molecule has 0 aliphatic carbocycles. The van der Waals surface area contributed by atoms with E-state index < -0.39 is 18.1 Å². The lowest BCUT2D eigenvalue weighted by Gasteiger charge is -2.32. The molecular weight excluding hydrogens is 198 g/mol. The van der Waals surface area contributed by atoms with E-state index in [9.17, 15) is 9.59 Å². The van der Waals surface area contributed by atoms with Crippen LogP contribution in [-0.2, 0) is 14.3 Å². The van der Waals surface area contributed by atoms with Gasteiger partial charge in [0.2, 0.25) is 0 Å². The number of cyclic esters (lactones) is 1. The molecule has 0 aromatic rings.